The van der Waals surface area contributed by atoms with E-state index in [1.165, 1.54) is 6.20 Å². The molecule has 94 valence electrons. The first-order valence-corrected chi connectivity index (χ1v) is 5.53. The highest BCUT2D eigenvalue weighted by Gasteiger charge is 2.14. The number of nitrogens with one attached hydrogen (secondary N) is 1. The van der Waals surface area contributed by atoms with Crippen molar-refractivity contribution in [2.45, 2.75) is 13.5 Å². The Morgan fingerprint density at radius 3 is 2.78 bits per heavy atom. The first kappa shape index (κ1) is 12.1. The highest BCUT2D eigenvalue weighted by molar-refractivity contribution is 5.91. The van der Waals surface area contributed by atoms with Crippen LogP contribution in [0.3, 0.4) is 0 Å². The maximum absolute atomic E-state index is 12.0. The number of fused-ring (bicyclic) bond motifs is 1. The van der Waals surface area contributed by atoms with Crippen molar-refractivity contribution in [1.29, 1.82) is 0 Å². The Hall–Kier alpha value is -2.37. The minimum atomic E-state index is -1.22. The van der Waals surface area contributed by atoms with Crippen molar-refractivity contribution in [1.82, 2.24) is 9.55 Å². The van der Waals surface area contributed by atoms with Gasteiger partial charge in [-0.25, -0.2) is 9.78 Å². The summed E-state index contributed by atoms with van der Waals surface area (Å²) in [5, 5.41) is 12.2. The lowest BCUT2D eigenvalue weighted by Gasteiger charge is -2.10. The van der Waals surface area contributed by atoms with Gasteiger partial charge in [0, 0.05) is 19.8 Å². The number of carboxylic acids is 1. The van der Waals surface area contributed by atoms with Crippen molar-refractivity contribution < 1.29 is 9.90 Å². The molecule has 0 aliphatic rings. The summed E-state index contributed by atoms with van der Waals surface area (Å²) in [6.07, 6.45) is 1.33. The number of aromatic nitrogens is 2. The molecule has 2 aromatic heterocycles. The van der Waals surface area contributed by atoms with Gasteiger partial charge in [-0.2, -0.15) is 0 Å². The highest BCUT2D eigenvalue weighted by atomic mass is 16.4. The molecule has 0 spiro atoms. The summed E-state index contributed by atoms with van der Waals surface area (Å²) < 4.78 is 1.65. The van der Waals surface area contributed by atoms with Gasteiger partial charge in [0.15, 0.2) is 0 Å². The number of carbonyl (C=O) groups is 1. The molecule has 0 atom stereocenters. The molecule has 2 N–H and O–H groups in total. The summed E-state index contributed by atoms with van der Waals surface area (Å²) in [7, 11) is 1.73. The van der Waals surface area contributed by atoms with Gasteiger partial charge in [-0.15, -0.1) is 0 Å². The molecule has 0 aromatic carbocycles. The molecule has 0 aliphatic heterocycles. The lowest BCUT2D eigenvalue weighted by Crippen LogP contribution is -2.19. The number of nitrogens with zero attached hydrogens (tertiary/aromatic N) is 2. The normalized spacial score (nSPS) is 10.6. The van der Waals surface area contributed by atoms with Crippen LogP contribution < -0.4 is 10.7 Å². The van der Waals surface area contributed by atoms with Gasteiger partial charge >= 0.3 is 5.97 Å². The van der Waals surface area contributed by atoms with E-state index in [9.17, 15) is 9.59 Å². The second-order valence-corrected chi connectivity index (χ2v) is 3.78. The summed E-state index contributed by atoms with van der Waals surface area (Å²) in [6, 6.07) is 3.24. The fourth-order valence-electron chi connectivity index (χ4n) is 1.80. The van der Waals surface area contributed by atoms with Crippen molar-refractivity contribution in [3.8, 4) is 0 Å². The predicted molar refractivity (Wildman–Crippen MR) is 68.2 cm³/mol. The molecule has 18 heavy (non-hydrogen) atoms. The van der Waals surface area contributed by atoms with Crippen LogP contribution in [-0.2, 0) is 6.54 Å². The number of rotatable bonds is 3. The van der Waals surface area contributed by atoms with Gasteiger partial charge in [-0.05, 0) is 19.1 Å². The van der Waals surface area contributed by atoms with Crippen LogP contribution in [0.15, 0.2) is 23.1 Å². The lowest BCUT2D eigenvalue weighted by molar-refractivity contribution is 0.0695. The summed E-state index contributed by atoms with van der Waals surface area (Å²) in [4.78, 5) is 27.3. The summed E-state index contributed by atoms with van der Waals surface area (Å²) in [5.41, 5.74) is -0.250. The second kappa shape index (κ2) is 4.48. The van der Waals surface area contributed by atoms with Gasteiger partial charge in [-0.1, -0.05) is 0 Å². The minimum Gasteiger partial charge on any atom is -0.477 e. The molecule has 0 bridgehead atoms. The van der Waals surface area contributed by atoms with Crippen LogP contribution >= 0.6 is 0 Å². The number of hydrogen-bond donors (Lipinski definition) is 2. The van der Waals surface area contributed by atoms with E-state index in [0.717, 1.165) is 0 Å². The number of aryl methyl sites for hydroxylation is 1. The quantitative estimate of drug-likeness (QED) is 0.850. The Kier molecular flexibility index (Phi) is 3.01. The highest BCUT2D eigenvalue weighted by Crippen LogP contribution is 2.13. The van der Waals surface area contributed by atoms with Crippen LogP contribution in [0.5, 0.6) is 0 Å². The monoisotopic (exact) mass is 247 g/mol. The Labute approximate surface area is 103 Å². The van der Waals surface area contributed by atoms with Crippen LogP contribution in [0.1, 0.15) is 17.3 Å². The zero-order valence-electron chi connectivity index (χ0n) is 10.1. The average Bonchev–Trinajstić information content (AvgIpc) is 2.38. The lowest BCUT2D eigenvalue weighted by atomic mass is 10.2. The van der Waals surface area contributed by atoms with Crippen molar-refractivity contribution in [3.05, 3.63) is 34.1 Å². The molecule has 0 amide bonds. The molecule has 2 rings (SSSR count). The van der Waals surface area contributed by atoms with Crippen molar-refractivity contribution >= 4 is 22.8 Å². The van der Waals surface area contributed by atoms with Crippen molar-refractivity contribution in [2.24, 2.45) is 0 Å². The van der Waals surface area contributed by atoms with E-state index < -0.39 is 11.4 Å². The van der Waals surface area contributed by atoms with Gasteiger partial charge < -0.3 is 15.0 Å². The molecule has 6 heteroatoms. The second-order valence-electron chi connectivity index (χ2n) is 3.78. The topological polar surface area (TPSA) is 84.2 Å². The maximum Gasteiger partial charge on any atom is 0.341 e. The standard InChI is InChI=1S/C12H13N3O3/c1-3-15-6-8(12(17)18)10(16)7-4-5-9(13-2)14-11(7)15/h4-6H,3H2,1-2H3,(H,13,14)(H,17,18). The molecule has 6 nitrogen and oxygen atoms in total. The Balaban J connectivity index is 2.88. The van der Waals surface area contributed by atoms with Gasteiger partial charge in [0.25, 0.3) is 0 Å². The summed E-state index contributed by atoms with van der Waals surface area (Å²) in [6.45, 7) is 2.40. The molecule has 0 radical (unpaired) electrons. The number of carboxylic acid groups (broad SMARTS) is 1. The van der Waals surface area contributed by atoms with Crippen molar-refractivity contribution in [3.63, 3.8) is 0 Å². The molecule has 2 aromatic rings. The number of hydrogen-bond acceptors (Lipinski definition) is 4. The Morgan fingerprint density at radius 2 is 2.22 bits per heavy atom. The molecule has 0 saturated heterocycles. The van der Waals surface area contributed by atoms with E-state index >= 15 is 0 Å². The van der Waals surface area contributed by atoms with Gasteiger partial charge in [0.1, 0.15) is 17.0 Å². The van der Waals surface area contributed by atoms with E-state index in [-0.39, 0.29) is 5.56 Å². The Morgan fingerprint density at radius 1 is 1.50 bits per heavy atom. The van der Waals surface area contributed by atoms with Crippen molar-refractivity contribution in [2.75, 3.05) is 12.4 Å². The smallest absolute Gasteiger partial charge is 0.341 e. The third kappa shape index (κ3) is 1.81. The third-order valence-corrected chi connectivity index (χ3v) is 2.75. The van der Waals surface area contributed by atoms with E-state index in [1.807, 2.05) is 6.92 Å². The molecule has 0 saturated carbocycles. The zero-order valence-corrected chi connectivity index (χ0v) is 10.1. The van der Waals surface area contributed by atoms with E-state index in [2.05, 4.69) is 10.3 Å². The first-order valence-electron chi connectivity index (χ1n) is 5.53. The molecular formula is C12H13N3O3. The van der Waals surface area contributed by atoms with Crippen LogP contribution in [0, 0.1) is 0 Å². The SMILES string of the molecule is CCn1cc(C(=O)O)c(=O)c2ccc(NC)nc21. The van der Waals surface area contributed by atoms with Crippen LogP contribution in [0.4, 0.5) is 5.82 Å². The minimum absolute atomic E-state index is 0.233. The zero-order chi connectivity index (χ0) is 13.3. The maximum atomic E-state index is 12.0. The van der Waals surface area contributed by atoms with E-state index in [1.54, 1.807) is 23.7 Å². The summed E-state index contributed by atoms with van der Waals surface area (Å²) in [5.74, 6) is -0.589. The molecule has 0 fully saturated rings. The number of pyridine rings is 2. The largest absolute Gasteiger partial charge is 0.477 e. The van der Waals surface area contributed by atoms with Gasteiger partial charge in [-0.3, -0.25) is 4.79 Å². The van der Waals surface area contributed by atoms with Gasteiger partial charge in [0.2, 0.25) is 5.43 Å². The molecule has 0 aliphatic carbocycles. The fourth-order valence-corrected chi connectivity index (χ4v) is 1.80. The van der Waals surface area contributed by atoms with Crippen LogP contribution in [-0.4, -0.2) is 27.7 Å². The molecule has 0 unspecified atom stereocenters. The first-order chi connectivity index (χ1) is 8.58. The number of aromatic carboxylic acids is 1. The Bertz CT molecular complexity index is 676. The van der Waals surface area contributed by atoms with E-state index in [0.29, 0.717) is 23.4 Å². The third-order valence-electron chi connectivity index (χ3n) is 2.75. The predicted octanol–water partition coefficient (Wildman–Crippen LogP) is 1.16. The molecular weight excluding hydrogens is 234 g/mol. The molecule has 2 heterocycles. The fraction of sp³-hybridized carbons (Fsp3) is 0.250. The summed E-state index contributed by atoms with van der Waals surface area (Å²) >= 11 is 0. The number of anilines is 1. The van der Waals surface area contributed by atoms with Crippen LogP contribution in [0.2, 0.25) is 0 Å². The van der Waals surface area contributed by atoms with E-state index in [4.69, 9.17) is 5.11 Å². The van der Waals surface area contributed by atoms with Gasteiger partial charge in [0.05, 0.1) is 5.39 Å². The van der Waals surface area contributed by atoms with Crippen LogP contribution in [0.25, 0.3) is 11.0 Å². The average molecular weight is 247 g/mol.